The molecular weight excluding hydrogens is 546 g/mol. The molecule has 2 saturated heterocycles. The van der Waals surface area contributed by atoms with Crippen molar-refractivity contribution >= 4 is 32.7 Å². The average molecular weight is 595 g/mol. The number of quaternary nitrogens is 2. The quantitative estimate of drug-likeness (QED) is 0.117. The molecule has 2 fully saturated rings. The molecule has 2 rings (SSSR count). The summed E-state index contributed by atoms with van der Waals surface area (Å²) in [6, 6.07) is 0. The van der Waals surface area contributed by atoms with E-state index in [4.69, 9.17) is 48.2 Å². The minimum absolute atomic E-state index is 0.0764. The summed E-state index contributed by atoms with van der Waals surface area (Å²) in [5.74, 6) is 0.785. The van der Waals surface area contributed by atoms with Gasteiger partial charge in [-0.25, -0.2) is 16.8 Å². The first-order valence-electron chi connectivity index (χ1n) is 12.7. The first-order valence-corrected chi connectivity index (χ1v) is 15.4. The summed E-state index contributed by atoms with van der Waals surface area (Å²) >= 11 is 0. The smallest absolute Gasteiger partial charge is 0.255 e. The first-order chi connectivity index (χ1) is 17.0. The van der Waals surface area contributed by atoms with Crippen molar-refractivity contribution in [3.8, 4) is 0 Å². The average Bonchev–Trinajstić information content (AvgIpc) is 2.77. The van der Waals surface area contributed by atoms with Crippen molar-refractivity contribution in [2.75, 3.05) is 40.3 Å². The van der Waals surface area contributed by atoms with Crippen LogP contribution in [0, 0.1) is 10.8 Å². The molecule has 12 nitrogen and oxygen atoms in total. The summed E-state index contributed by atoms with van der Waals surface area (Å²) in [6.45, 7) is 13.2. The molecule has 2 aliphatic heterocycles. The van der Waals surface area contributed by atoms with Gasteiger partial charge in [0.25, 0.3) is 21.0 Å². The number of hydrogen-bond acceptors (Lipinski definition) is 8. The zero-order valence-corrected chi connectivity index (χ0v) is 25.2. The summed E-state index contributed by atoms with van der Waals surface area (Å²) in [5.41, 5.74) is 11.5. The highest BCUT2D eigenvalue weighted by molar-refractivity contribution is 7.80. The maximum absolute atomic E-state index is 10.1. The summed E-state index contributed by atoms with van der Waals surface area (Å²) < 4.78 is 72.6. The highest BCUT2D eigenvalue weighted by atomic mass is 32.3. The molecule has 38 heavy (non-hydrogen) atoms. The summed E-state index contributed by atoms with van der Waals surface area (Å²) in [6.07, 6.45) is 9.16. The molecule has 4 atom stereocenters. The summed E-state index contributed by atoms with van der Waals surface area (Å²) in [7, 11) is -6.33. The van der Waals surface area contributed by atoms with Crippen LogP contribution in [0.5, 0.6) is 0 Å². The van der Waals surface area contributed by atoms with Crippen molar-refractivity contribution in [1.82, 2.24) is 0 Å². The van der Waals surface area contributed by atoms with Crippen molar-refractivity contribution in [1.29, 1.82) is 10.8 Å². The van der Waals surface area contributed by atoms with Crippen LogP contribution in [-0.2, 0) is 21.0 Å². The van der Waals surface area contributed by atoms with E-state index in [1.807, 2.05) is 0 Å². The SMILES string of the molecule is CCC1(C(=N)N)CCCC[N+]1(C)CC.CCC1(C(=N)N)CCCC[N+]1(C)CC.O=S(=O)([O-])F.O=S(=O)([O-])F. The van der Waals surface area contributed by atoms with Crippen molar-refractivity contribution in [3.05, 3.63) is 0 Å². The number of hydrogen-bond donors (Lipinski definition) is 4. The summed E-state index contributed by atoms with van der Waals surface area (Å²) in [4.78, 5) is 0. The molecular formula is C22H48F2N6O6S2. The highest BCUT2D eigenvalue weighted by Crippen LogP contribution is 2.37. The van der Waals surface area contributed by atoms with Gasteiger partial charge in [0.05, 0.1) is 40.3 Å². The van der Waals surface area contributed by atoms with Gasteiger partial charge in [0.2, 0.25) is 0 Å². The van der Waals surface area contributed by atoms with Gasteiger partial charge in [-0.1, -0.05) is 13.8 Å². The fourth-order valence-electron chi connectivity index (χ4n) is 5.99. The molecule has 16 heteroatoms. The zero-order valence-electron chi connectivity index (χ0n) is 23.6. The maximum atomic E-state index is 10.1. The Labute approximate surface area is 228 Å². The number of piperidine rings is 2. The zero-order chi connectivity index (χ0) is 30.6. The number of nitrogens with zero attached hydrogens (tertiary/aromatic N) is 2. The van der Waals surface area contributed by atoms with Crippen molar-refractivity contribution < 1.29 is 42.7 Å². The largest absolute Gasteiger partial charge is 0.722 e. The Morgan fingerprint density at radius 1 is 0.737 bits per heavy atom. The predicted molar refractivity (Wildman–Crippen MR) is 142 cm³/mol. The van der Waals surface area contributed by atoms with E-state index in [2.05, 4.69) is 41.8 Å². The van der Waals surface area contributed by atoms with E-state index >= 15 is 0 Å². The van der Waals surface area contributed by atoms with Crippen molar-refractivity contribution in [2.24, 2.45) is 11.5 Å². The molecule has 0 saturated carbocycles. The van der Waals surface area contributed by atoms with Crippen LogP contribution < -0.4 is 11.5 Å². The fraction of sp³-hybridized carbons (Fsp3) is 0.909. The van der Waals surface area contributed by atoms with E-state index in [1.54, 1.807) is 0 Å². The van der Waals surface area contributed by atoms with E-state index in [1.165, 1.54) is 38.8 Å². The molecule has 228 valence electrons. The molecule has 2 aliphatic rings. The van der Waals surface area contributed by atoms with E-state index in [-0.39, 0.29) is 11.1 Å². The van der Waals surface area contributed by atoms with Crippen LogP contribution in [0.15, 0.2) is 0 Å². The van der Waals surface area contributed by atoms with E-state index in [9.17, 15) is 7.77 Å². The fourth-order valence-corrected chi connectivity index (χ4v) is 5.99. The molecule has 0 aliphatic carbocycles. The second kappa shape index (κ2) is 15.4. The molecule has 0 radical (unpaired) electrons. The van der Waals surface area contributed by atoms with Crippen LogP contribution in [-0.4, -0.2) is 97.9 Å². The van der Waals surface area contributed by atoms with Gasteiger partial charge in [-0.05, 0) is 39.5 Å². The molecule has 0 spiro atoms. The van der Waals surface area contributed by atoms with E-state index in [0.717, 1.165) is 47.7 Å². The van der Waals surface area contributed by atoms with Crippen molar-refractivity contribution in [2.45, 2.75) is 90.1 Å². The van der Waals surface area contributed by atoms with Gasteiger partial charge in [-0.15, -0.1) is 7.77 Å². The first kappa shape index (κ1) is 38.7. The molecule has 6 N–H and O–H groups in total. The Morgan fingerprint density at radius 2 is 0.974 bits per heavy atom. The van der Waals surface area contributed by atoms with E-state index < -0.39 is 21.0 Å². The Bertz CT molecular complexity index is 893. The number of rotatable bonds is 6. The van der Waals surface area contributed by atoms with Crippen LogP contribution in [0.3, 0.4) is 0 Å². The lowest BCUT2D eigenvalue weighted by Gasteiger charge is -2.52. The number of amidine groups is 2. The van der Waals surface area contributed by atoms with Gasteiger partial charge in [-0.2, -0.15) is 0 Å². The van der Waals surface area contributed by atoms with Gasteiger partial charge in [-0.3, -0.25) is 10.8 Å². The monoisotopic (exact) mass is 594 g/mol. The number of likely N-dealkylation sites (N-methyl/N-ethyl adjacent to an activating group) is 2. The standard InChI is InChI=1S/2C11H24N3.2FHO3S/c2*1-4-11(10(12)13)8-6-7-9-14(11,3)5-2;2*1-5(2,3)4/h2*4-9H2,1-3H3,(H3,12,13);2*(H,2,3,4)/q2*+1;;/p-2. The van der Waals surface area contributed by atoms with Crippen LogP contribution in [0.1, 0.15) is 79.1 Å². The number of likely N-dealkylation sites (tertiary alicyclic amines) is 2. The highest BCUT2D eigenvalue weighted by Gasteiger charge is 2.51. The lowest BCUT2D eigenvalue weighted by Crippen LogP contribution is -2.69. The van der Waals surface area contributed by atoms with Crippen LogP contribution >= 0.6 is 0 Å². The Kier molecular flexibility index (Phi) is 15.6. The third-order valence-corrected chi connectivity index (χ3v) is 8.62. The molecule has 4 unspecified atom stereocenters. The second-order valence-electron chi connectivity index (χ2n) is 10.2. The lowest BCUT2D eigenvalue weighted by molar-refractivity contribution is -0.951. The minimum atomic E-state index is -5.42. The second-order valence-corrected chi connectivity index (χ2v) is 11.7. The number of nitrogens with one attached hydrogen (secondary N) is 2. The topological polar surface area (TPSA) is 214 Å². The minimum Gasteiger partial charge on any atom is -0.722 e. The predicted octanol–water partition coefficient (Wildman–Crippen LogP) is 2.28. The van der Waals surface area contributed by atoms with Crippen LogP contribution in [0.25, 0.3) is 0 Å². The molecule has 2 heterocycles. The Balaban J connectivity index is 0. The molecule has 0 bridgehead atoms. The van der Waals surface area contributed by atoms with Crippen LogP contribution in [0.4, 0.5) is 7.77 Å². The molecule has 0 aromatic heterocycles. The third-order valence-electron chi connectivity index (χ3n) is 8.62. The van der Waals surface area contributed by atoms with Gasteiger partial charge in [0.15, 0.2) is 22.7 Å². The number of nitrogens with two attached hydrogens (primary N) is 2. The van der Waals surface area contributed by atoms with Gasteiger partial charge in [0.1, 0.15) is 0 Å². The Morgan fingerprint density at radius 3 is 1.11 bits per heavy atom. The van der Waals surface area contributed by atoms with Gasteiger partial charge >= 0.3 is 0 Å². The normalized spacial score (nSPS) is 31.2. The van der Waals surface area contributed by atoms with Gasteiger partial charge in [0, 0.05) is 25.7 Å². The lowest BCUT2D eigenvalue weighted by atomic mass is 9.80. The van der Waals surface area contributed by atoms with E-state index in [0.29, 0.717) is 11.7 Å². The van der Waals surface area contributed by atoms with Crippen LogP contribution in [0.2, 0.25) is 0 Å². The maximum Gasteiger partial charge on any atom is 0.255 e. The Hall–Kier alpha value is -1.46. The van der Waals surface area contributed by atoms with Crippen molar-refractivity contribution in [3.63, 3.8) is 0 Å². The molecule has 0 amide bonds. The third kappa shape index (κ3) is 11.3. The van der Waals surface area contributed by atoms with Gasteiger partial charge < -0.3 is 29.5 Å². The molecule has 0 aromatic rings. The summed E-state index contributed by atoms with van der Waals surface area (Å²) in [5, 5.41) is 15.7. The number of halogens is 2. The molecule has 0 aromatic carbocycles.